The Bertz CT molecular complexity index is 920. The molecule has 0 aliphatic heterocycles. The van der Waals surface area contributed by atoms with Crippen LogP contribution in [-0.2, 0) is 0 Å². The van der Waals surface area contributed by atoms with Gasteiger partial charge in [0.05, 0.1) is 0 Å². The van der Waals surface area contributed by atoms with Gasteiger partial charge in [0.15, 0.2) is 10.8 Å². The zero-order valence-corrected chi connectivity index (χ0v) is 13.3. The van der Waals surface area contributed by atoms with Crippen LogP contribution < -0.4 is 0 Å². The highest BCUT2D eigenvalue weighted by atomic mass is 79.9. The van der Waals surface area contributed by atoms with Gasteiger partial charge in [0, 0.05) is 15.7 Å². The van der Waals surface area contributed by atoms with Crippen LogP contribution >= 0.6 is 27.3 Å². The Kier molecular flexibility index (Phi) is 2.86. The Balaban J connectivity index is 1.84. The lowest BCUT2D eigenvalue weighted by molar-refractivity contribution is 0.962. The number of H-pyrrole nitrogens is 1. The van der Waals surface area contributed by atoms with Crippen molar-refractivity contribution in [2.75, 3.05) is 0 Å². The van der Waals surface area contributed by atoms with Crippen molar-refractivity contribution < 1.29 is 0 Å². The molecule has 21 heavy (non-hydrogen) atoms. The fraction of sp³-hybridized carbons (Fsp3) is 0.0769. The van der Waals surface area contributed by atoms with Crippen LogP contribution in [0.1, 0.15) is 5.69 Å². The Labute approximate surface area is 132 Å². The SMILES string of the molecule is Cc1cc(-c2nn3c(-c4ccc(Br)cc4)nnc3s2)n[nH]1. The number of fused-ring (bicyclic) bond motifs is 1. The summed E-state index contributed by atoms with van der Waals surface area (Å²) in [6, 6.07) is 9.88. The predicted octanol–water partition coefficient (Wildman–Crippen LogP) is 3.31. The molecule has 0 radical (unpaired) electrons. The molecule has 4 rings (SSSR count). The molecule has 0 aliphatic carbocycles. The summed E-state index contributed by atoms with van der Waals surface area (Å²) >= 11 is 4.90. The average molecular weight is 361 g/mol. The van der Waals surface area contributed by atoms with Crippen LogP contribution in [-0.4, -0.2) is 30.0 Å². The zero-order valence-electron chi connectivity index (χ0n) is 10.9. The van der Waals surface area contributed by atoms with Gasteiger partial charge in [-0.05, 0) is 25.1 Å². The molecule has 4 aromatic rings. The van der Waals surface area contributed by atoms with Crippen LogP contribution in [0.4, 0.5) is 0 Å². The van der Waals surface area contributed by atoms with Crippen molar-refractivity contribution in [2.24, 2.45) is 0 Å². The molecule has 0 spiro atoms. The van der Waals surface area contributed by atoms with E-state index >= 15 is 0 Å². The number of rotatable bonds is 2. The molecule has 104 valence electrons. The molecular formula is C13H9BrN6S. The molecule has 0 unspecified atom stereocenters. The predicted molar refractivity (Wildman–Crippen MR) is 84.1 cm³/mol. The van der Waals surface area contributed by atoms with Crippen LogP contribution in [0.2, 0.25) is 0 Å². The number of hydrogen-bond donors (Lipinski definition) is 1. The molecule has 3 aromatic heterocycles. The van der Waals surface area contributed by atoms with Gasteiger partial charge < -0.3 is 0 Å². The zero-order chi connectivity index (χ0) is 14.4. The Morgan fingerprint density at radius 3 is 2.71 bits per heavy atom. The van der Waals surface area contributed by atoms with Gasteiger partial charge in [-0.3, -0.25) is 5.10 Å². The second kappa shape index (κ2) is 4.74. The highest BCUT2D eigenvalue weighted by Crippen LogP contribution is 2.27. The van der Waals surface area contributed by atoms with Crippen LogP contribution in [0.15, 0.2) is 34.8 Å². The highest BCUT2D eigenvalue weighted by Gasteiger charge is 2.15. The van der Waals surface area contributed by atoms with Gasteiger partial charge in [-0.25, -0.2) is 0 Å². The maximum Gasteiger partial charge on any atom is 0.235 e. The van der Waals surface area contributed by atoms with E-state index < -0.39 is 0 Å². The van der Waals surface area contributed by atoms with Crippen LogP contribution in [0.5, 0.6) is 0 Å². The Hall–Kier alpha value is -2.06. The minimum atomic E-state index is 0.729. The monoisotopic (exact) mass is 360 g/mol. The number of benzene rings is 1. The van der Waals surface area contributed by atoms with Gasteiger partial charge >= 0.3 is 0 Å². The fourth-order valence-electron chi connectivity index (χ4n) is 2.03. The molecule has 8 heteroatoms. The van der Waals surface area contributed by atoms with E-state index in [2.05, 4.69) is 41.4 Å². The standard InChI is InChI=1S/C13H9BrN6S/c1-7-6-10(16-15-7)12-19-20-11(17-18-13(20)21-12)8-2-4-9(14)5-3-8/h2-6H,1H3,(H,15,16). The van der Waals surface area contributed by atoms with Crippen molar-refractivity contribution in [3.05, 3.63) is 40.5 Å². The number of hydrogen-bond acceptors (Lipinski definition) is 5. The maximum absolute atomic E-state index is 4.57. The number of aryl methyl sites for hydroxylation is 1. The molecule has 0 fully saturated rings. The Morgan fingerprint density at radius 2 is 2.00 bits per heavy atom. The topological polar surface area (TPSA) is 71.8 Å². The van der Waals surface area contributed by atoms with E-state index in [1.807, 2.05) is 37.3 Å². The minimum absolute atomic E-state index is 0.729. The first kappa shape index (κ1) is 12.7. The number of nitrogens with one attached hydrogen (secondary N) is 1. The first-order valence-corrected chi connectivity index (χ1v) is 7.82. The van der Waals surface area contributed by atoms with Crippen molar-refractivity contribution >= 4 is 32.2 Å². The lowest BCUT2D eigenvalue weighted by Gasteiger charge is -1.96. The van der Waals surface area contributed by atoms with Crippen molar-refractivity contribution in [1.82, 2.24) is 30.0 Å². The summed E-state index contributed by atoms with van der Waals surface area (Å²) < 4.78 is 2.78. The van der Waals surface area contributed by atoms with Gasteiger partial charge in [-0.15, -0.1) is 10.2 Å². The Morgan fingerprint density at radius 1 is 1.19 bits per heavy atom. The van der Waals surface area contributed by atoms with Gasteiger partial charge in [0.2, 0.25) is 4.96 Å². The fourth-order valence-corrected chi connectivity index (χ4v) is 3.09. The number of aromatic nitrogens is 6. The van der Waals surface area contributed by atoms with E-state index in [9.17, 15) is 0 Å². The van der Waals surface area contributed by atoms with Crippen molar-refractivity contribution in [2.45, 2.75) is 6.92 Å². The summed E-state index contributed by atoms with van der Waals surface area (Å²) in [6.07, 6.45) is 0. The van der Waals surface area contributed by atoms with E-state index in [0.29, 0.717) is 0 Å². The molecule has 3 heterocycles. The van der Waals surface area contributed by atoms with Crippen LogP contribution in [0.25, 0.3) is 27.1 Å². The normalized spacial score (nSPS) is 11.3. The molecule has 0 aliphatic rings. The first-order valence-electron chi connectivity index (χ1n) is 6.21. The lowest BCUT2D eigenvalue weighted by Crippen LogP contribution is -1.90. The second-order valence-corrected chi connectivity index (χ2v) is 6.44. The third-order valence-electron chi connectivity index (χ3n) is 3.02. The van der Waals surface area contributed by atoms with Crippen molar-refractivity contribution in [3.63, 3.8) is 0 Å². The minimum Gasteiger partial charge on any atom is -0.282 e. The molecule has 1 N–H and O–H groups in total. The molecular weight excluding hydrogens is 352 g/mol. The second-order valence-electron chi connectivity index (χ2n) is 4.57. The molecule has 1 aromatic carbocycles. The average Bonchev–Trinajstić information content (AvgIpc) is 3.14. The maximum atomic E-state index is 4.57. The first-order chi connectivity index (χ1) is 10.2. The molecule has 0 atom stereocenters. The van der Waals surface area contributed by atoms with E-state index in [-0.39, 0.29) is 0 Å². The van der Waals surface area contributed by atoms with Gasteiger partial charge in [0.1, 0.15) is 5.69 Å². The third-order valence-corrected chi connectivity index (χ3v) is 4.47. The van der Waals surface area contributed by atoms with Gasteiger partial charge in [-0.2, -0.15) is 14.7 Å². The van der Waals surface area contributed by atoms with E-state index in [1.54, 1.807) is 4.52 Å². The van der Waals surface area contributed by atoms with E-state index in [1.165, 1.54) is 11.3 Å². The summed E-state index contributed by atoms with van der Waals surface area (Å²) in [7, 11) is 0. The molecule has 0 saturated heterocycles. The van der Waals surface area contributed by atoms with Crippen molar-refractivity contribution in [3.8, 4) is 22.1 Å². The van der Waals surface area contributed by atoms with Gasteiger partial charge in [-0.1, -0.05) is 39.4 Å². The summed E-state index contributed by atoms with van der Waals surface area (Å²) in [4.78, 5) is 0.753. The summed E-state index contributed by atoms with van der Waals surface area (Å²) in [5.41, 5.74) is 2.80. The number of aromatic amines is 1. The lowest BCUT2D eigenvalue weighted by atomic mass is 10.2. The van der Waals surface area contributed by atoms with Crippen molar-refractivity contribution in [1.29, 1.82) is 0 Å². The summed E-state index contributed by atoms with van der Waals surface area (Å²) in [5.74, 6) is 0.729. The largest absolute Gasteiger partial charge is 0.282 e. The third kappa shape index (κ3) is 2.16. The van der Waals surface area contributed by atoms with Gasteiger partial charge in [0.25, 0.3) is 0 Å². The quantitative estimate of drug-likeness (QED) is 0.595. The number of nitrogens with zero attached hydrogens (tertiary/aromatic N) is 5. The summed E-state index contributed by atoms with van der Waals surface area (Å²) in [6.45, 7) is 1.96. The molecule has 0 amide bonds. The van der Waals surface area contributed by atoms with E-state index in [0.717, 1.165) is 37.2 Å². The highest BCUT2D eigenvalue weighted by molar-refractivity contribution is 9.10. The van der Waals surface area contributed by atoms with Crippen LogP contribution in [0, 0.1) is 6.92 Å². The number of halogens is 1. The van der Waals surface area contributed by atoms with E-state index in [4.69, 9.17) is 0 Å². The van der Waals surface area contributed by atoms with Crippen LogP contribution in [0.3, 0.4) is 0 Å². The molecule has 6 nitrogen and oxygen atoms in total. The summed E-state index contributed by atoms with van der Waals surface area (Å²) in [5, 5.41) is 20.9. The smallest absolute Gasteiger partial charge is 0.235 e. The molecule has 0 bridgehead atoms. The molecule has 0 saturated carbocycles.